The van der Waals surface area contributed by atoms with Crippen molar-refractivity contribution in [2.75, 3.05) is 23.8 Å². The summed E-state index contributed by atoms with van der Waals surface area (Å²) in [6, 6.07) is 10.4. The quantitative estimate of drug-likeness (QED) is 0.445. The van der Waals surface area contributed by atoms with Crippen LogP contribution in [0.5, 0.6) is 0 Å². The highest BCUT2D eigenvalue weighted by atomic mass is 35.5. The van der Waals surface area contributed by atoms with Crippen LogP contribution in [0.4, 0.5) is 11.6 Å². The third-order valence-corrected chi connectivity index (χ3v) is 5.24. The fourth-order valence-corrected chi connectivity index (χ4v) is 3.43. The third kappa shape index (κ3) is 3.82. The number of hydrogen-bond acceptors (Lipinski definition) is 6. The molecule has 1 N–H and O–H groups in total. The Kier molecular flexibility index (Phi) is 5.59. The second kappa shape index (κ2) is 8.31. The maximum Gasteiger partial charge on any atom is 0.226 e. The lowest BCUT2D eigenvalue weighted by atomic mass is 10.2. The Balaban J connectivity index is 1.63. The van der Waals surface area contributed by atoms with E-state index >= 15 is 0 Å². The van der Waals surface area contributed by atoms with Crippen molar-refractivity contribution in [1.82, 2.24) is 29.3 Å². The zero-order valence-electron chi connectivity index (χ0n) is 17.5. The summed E-state index contributed by atoms with van der Waals surface area (Å²) in [6.45, 7) is 7.70. The van der Waals surface area contributed by atoms with Crippen LogP contribution in [-0.2, 0) is 6.54 Å². The number of nitrogens with one attached hydrogen (secondary N) is 1. The molecule has 0 saturated carbocycles. The van der Waals surface area contributed by atoms with Crippen LogP contribution in [-0.4, -0.2) is 42.9 Å². The first-order valence-corrected chi connectivity index (χ1v) is 10.3. The molecular weight excluding hydrogens is 400 g/mol. The monoisotopic (exact) mass is 424 g/mol. The normalized spacial score (nSPS) is 11.4. The van der Waals surface area contributed by atoms with Crippen LogP contribution in [0.25, 0.3) is 16.9 Å². The standard InChI is InChI=1S/C21H25ClN8/c1-5-28(4)17-10-11-30(27-17)16-9-7-6-8-15(16)12-23-19-18-20(26-21(22)25-19)29(13-24-18)14(2)3/h6-11,13-14H,5,12H2,1-4H3,(H,23,25,26). The van der Waals surface area contributed by atoms with Gasteiger partial charge in [0.25, 0.3) is 0 Å². The second-order valence-electron chi connectivity index (χ2n) is 7.37. The predicted molar refractivity (Wildman–Crippen MR) is 121 cm³/mol. The molecule has 0 radical (unpaired) electrons. The lowest BCUT2D eigenvalue weighted by Gasteiger charge is -2.14. The summed E-state index contributed by atoms with van der Waals surface area (Å²) in [4.78, 5) is 15.3. The van der Waals surface area contributed by atoms with Crippen LogP contribution < -0.4 is 10.2 Å². The van der Waals surface area contributed by atoms with Gasteiger partial charge in [-0.1, -0.05) is 18.2 Å². The number of imidazole rings is 1. The van der Waals surface area contributed by atoms with E-state index in [0.29, 0.717) is 17.9 Å². The molecule has 0 spiro atoms. The molecule has 0 aliphatic carbocycles. The van der Waals surface area contributed by atoms with Gasteiger partial charge in [-0.15, -0.1) is 0 Å². The molecule has 0 bridgehead atoms. The molecule has 0 saturated heterocycles. The smallest absolute Gasteiger partial charge is 0.226 e. The topological polar surface area (TPSA) is 76.7 Å². The van der Waals surface area contributed by atoms with Crippen molar-refractivity contribution in [3.05, 3.63) is 53.7 Å². The largest absolute Gasteiger partial charge is 0.364 e. The van der Waals surface area contributed by atoms with Crippen molar-refractivity contribution in [1.29, 1.82) is 0 Å². The Morgan fingerprint density at radius 2 is 1.97 bits per heavy atom. The third-order valence-electron chi connectivity index (χ3n) is 5.08. The first kappa shape index (κ1) is 20.2. The van der Waals surface area contributed by atoms with E-state index in [9.17, 15) is 0 Å². The minimum atomic E-state index is 0.194. The summed E-state index contributed by atoms with van der Waals surface area (Å²) in [6.07, 6.45) is 3.75. The second-order valence-corrected chi connectivity index (χ2v) is 7.71. The lowest BCUT2D eigenvalue weighted by Crippen LogP contribution is -2.16. The van der Waals surface area contributed by atoms with E-state index in [0.717, 1.165) is 29.3 Å². The lowest BCUT2D eigenvalue weighted by molar-refractivity contribution is 0.612. The average Bonchev–Trinajstić information content (AvgIpc) is 3.39. The summed E-state index contributed by atoms with van der Waals surface area (Å²) in [5.74, 6) is 1.55. The van der Waals surface area contributed by atoms with Gasteiger partial charge in [-0.25, -0.2) is 9.67 Å². The molecule has 0 fully saturated rings. The number of rotatable bonds is 7. The fourth-order valence-electron chi connectivity index (χ4n) is 3.27. The van der Waals surface area contributed by atoms with Gasteiger partial charge in [-0.2, -0.15) is 15.1 Å². The van der Waals surface area contributed by atoms with Crippen LogP contribution >= 0.6 is 11.6 Å². The predicted octanol–water partition coefficient (Wildman–Crippen LogP) is 4.31. The summed E-state index contributed by atoms with van der Waals surface area (Å²) in [5, 5.41) is 8.29. The number of hydrogen-bond donors (Lipinski definition) is 1. The van der Waals surface area contributed by atoms with Gasteiger partial charge in [-0.05, 0) is 44.0 Å². The highest BCUT2D eigenvalue weighted by Crippen LogP contribution is 2.25. The summed E-state index contributed by atoms with van der Waals surface area (Å²) in [7, 11) is 2.03. The molecule has 0 aliphatic rings. The Morgan fingerprint density at radius 3 is 2.73 bits per heavy atom. The van der Waals surface area contributed by atoms with E-state index in [1.165, 1.54) is 0 Å². The summed E-state index contributed by atoms with van der Waals surface area (Å²) in [5.41, 5.74) is 3.51. The van der Waals surface area contributed by atoms with Gasteiger partial charge in [-0.3, -0.25) is 0 Å². The van der Waals surface area contributed by atoms with Crippen molar-refractivity contribution in [3.8, 4) is 5.69 Å². The number of para-hydroxylation sites is 1. The Morgan fingerprint density at radius 1 is 1.17 bits per heavy atom. The molecule has 0 aliphatic heterocycles. The van der Waals surface area contributed by atoms with Gasteiger partial charge in [0, 0.05) is 38.4 Å². The molecule has 30 heavy (non-hydrogen) atoms. The van der Waals surface area contributed by atoms with Gasteiger partial charge >= 0.3 is 0 Å². The number of aromatic nitrogens is 6. The molecule has 0 atom stereocenters. The Bertz CT molecular complexity index is 1160. The molecule has 1 aromatic carbocycles. The van der Waals surface area contributed by atoms with Gasteiger partial charge < -0.3 is 14.8 Å². The van der Waals surface area contributed by atoms with E-state index in [4.69, 9.17) is 16.7 Å². The molecular formula is C21H25ClN8. The van der Waals surface area contributed by atoms with Gasteiger partial charge in [0.15, 0.2) is 22.8 Å². The van der Waals surface area contributed by atoms with E-state index < -0.39 is 0 Å². The first-order valence-electron chi connectivity index (χ1n) is 9.97. The van der Waals surface area contributed by atoms with E-state index in [2.05, 4.69) is 58.1 Å². The molecule has 0 unspecified atom stereocenters. The van der Waals surface area contributed by atoms with Crippen molar-refractivity contribution in [3.63, 3.8) is 0 Å². The van der Waals surface area contributed by atoms with Crippen molar-refractivity contribution < 1.29 is 0 Å². The Labute approximate surface area is 180 Å². The number of benzene rings is 1. The zero-order chi connectivity index (χ0) is 21.3. The highest BCUT2D eigenvalue weighted by molar-refractivity contribution is 6.28. The van der Waals surface area contributed by atoms with Crippen molar-refractivity contribution >= 4 is 34.4 Å². The summed E-state index contributed by atoms with van der Waals surface area (Å²) >= 11 is 6.19. The number of anilines is 2. The molecule has 8 nitrogen and oxygen atoms in total. The van der Waals surface area contributed by atoms with E-state index in [-0.39, 0.29) is 11.3 Å². The minimum Gasteiger partial charge on any atom is -0.364 e. The van der Waals surface area contributed by atoms with Crippen LogP contribution in [0.15, 0.2) is 42.9 Å². The molecule has 3 aromatic heterocycles. The minimum absolute atomic E-state index is 0.194. The molecule has 4 rings (SSSR count). The van der Waals surface area contributed by atoms with E-state index in [1.54, 1.807) is 6.33 Å². The van der Waals surface area contributed by atoms with Crippen LogP contribution in [0, 0.1) is 0 Å². The molecule has 156 valence electrons. The van der Waals surface area contributed by atoms with Gasteiger partial charge in [0.1, 0.15) is 0 Å². The van der Waals surface area contributed by atoms with Crippen molar-refractivity contribution in [2.24, 2.45) is 0 Å². The molecule has 0 amide bonds. The maximum absolute atomic E-state index is 6.19. The fraction of sp³-hybridized carbons (Fsp3) is 0.333. The first-order chi connectivity index (χ1) is 14.5. The molecule has 9 heteroatoms. The van der Waals surface area contributed by atoms with Gasteiger partial charge in [0.2, 0.25) is 5.28 Å². The number of halogens is 1. The number of nitrogens with zero attached hydrogens (tertiary/aromatic N) is 7. The average molecular weight is 425 g/mol. The van der Waals surface area contributed by atoms with Crippen LogP contribution in [0.2, 0.25) is 5.28 Å². The highest BCUT2D eigenvalue weighted by Gasteiger charge is 2.15. The molecule has 3 heterocycles. The SMILES string of the molecule is CCN(C)c1ccn(-c2ccccc2CNc2nc(Cl)nc3c2ncn3C(C)C)n1. The maximum atomic E-state index is 6.19. The van der Waals surface area contributed by atoms with Gasteiger partial charge in [0.05, 0.1) is 12.0 Å². The zero-order valence-corrected chi connectivity index (χ0v) is 18.3. The van der Waals surface area contributed by atoms with Crippen LogP contribution in [0.1, 0.15) is 32.4 Å². The Hall–Kier alpha value is -3.13. The van der Waals surface area contributed by atoms with E-state index in [1.807, 2.05) is 40.7 Å². The molecule has 4 aromatic rings. The number of fused-ring (bicyclic) bond motifs is 1. The van der Waals surface area contributed by atoms with Crippen molar-refractivity contribution in [2.45, 2.75) is 33.4 Å². The van der Waals surface area contributed by atoms with Crippen LogP contribution in [0.3, 0.4) is 0 Å². The summed E-state index contributed by atoms with van der Waals surface area (Å²) < 4.78 is 3.88.